The molecule has 0 bridgehead atoms. The first-order valence-corrected chi connectivity index (χ1v) is 6.00. The highest BCUT2D eigenvalue weighted by atomic mass is 16.4. The number of carboxylic acid groups (broad SMARTS) is 1. The van der Waals surface area contributed by atoms with Crippen LogP contribution >= 0.6 is 0 Å². The molecule has 0 amide bonds. The number of carbonyl (C=O) groups is 1. The molecule has 0 aliphatic carbocycles. The second-order valence-electron chi connectivity index (χ2n) is 4.56. The minimum atomic E-state index is -0.910. The average Bonchev–Trinajstić information content (AvgIpc) is 2.76. The van der Waals surface area contributed by atoms with Gasteiger partial charge in [0, 0.05) is 13.1 Å². The van der Waals surface area contributed by atoms with Crippen molar-refractivity contribution < 1.29 is 9.90 Å². The van der Waals surface area contributed by atoms with Crippen molar-refractivity contribution in [1.82, 2.24) is 0 Å². The van der Waals surface area contributed by atoms with E-state index in [1.54, 1.807) is 18.2 Å². The number of para-hydroxylation sites is 1. The summed E-state index contributed by atoms with van der Waals surface area (Å²) in [5.41, 5.74) is 7.48. The summed E-state index contributed by atoms with van der Waals surface area (Å²) in [6, 6.07) is 5.07. The van der Waals surface area contributed by atoms with Crippen LogP contribution in [0.1, 0.15) is 30.1 Å². The second-order valence-corrected chi connectivity index (χ2v) is 4.56. The van der Waals surface area contributed by atoms with E-state index in [0.717, 1.165) is 25.9 Å². The van der Waals surface area contributed by atoms with Crippen LogP contribution in [-0.4, -0.2) is 24.2 Å². The van der Waals surface area contributed by atoms with Crippen LogP contribution < -0.4 is 10.6 Å². The van der Waals surface area contributed by atoms with Gasteiger partial charge in [-0.2, -0.15) is 0 Å². The zero-order valence-corrected chi connectivity index (χ0v) is 10.0. The molecule has 92 valence electrons. The fourth-order valence-corrected chi connectivity index (χ4v) is 2.46. The van der Waals surface area contributed by atoms with Gasteiger partial charge < -0.3 is 15.7 Å². The number of nitrogen functional groups attached to an aromatic ring is 1. The van der Waals surface area contributed by atoms with E-state index in [1.807, 2.05) is 0 Å². The Kier molecular flexibility index (Phi) is 3.22. The summed E-state index contributed by atoms with van der Waals surface area (Å²) in [4.78, 5) is 13.3. The molecule has 4 heteroatoms. The molecule has 3 N–H and O–H groups in total. The van der Waals surface area contributed by atoms with E-state index in [0.29, 0.717) is 22.9 Å². The van der Waals surface area contributed by atoms with Gasteiger partial charge in [0.15, 0.2) is 0 Å². The van der Waals surface area contributed by atoms with Crippen molar-refractivity contribution in [2.24, 2.45) is 5.92 Å². The number of hydrogen-bond donors (Lipinski definition) is 2. The van der Waals surface area contributed by atoms with Crippen molar-refractivity contribution in [2.75, 3.05) is 23.7 Å². The maximum Gasteiger partial charge on any atom is 0.337 e. The average molecular weight is 234 g/mol. The zero-order valence-electron chi connectivity index (χ0n) is 10.0. The Bertz CT molecular complexity index is 431. The Morgan fingerprint density at radius 1 is 1.59 bits per heavy atom. The van der Waals surface area contributed by atoms with E-state index >= 15 is 0 Å². The van der Waals surface area contributed by atoms with Gasteiger partial charge in [0.2, 0.25) is 0 Å². The maximum absolute atomic E-state index is 11.2. The Morgan fingerprint density at radius 2 is 2.35 bits per heavy atom. The van der Waals surface area contributed by atoms with Crippen molar-refractivity contribution in [3.05, 3.63) is 23.8 Å². The first-order chi connectivity index (χ1) is 8.13. The molecule has 0 spiro atoms. The molecule has 1 aliphatic rings. The number of benzene rings is 1. The lowest BCUT2D eigenvalue weighted by atomic mass is 10.1. The third-order valence-electron chi connectivity index (χ3n) is 3.48. The molecule has 1 fully saturated rings. The van der Waals surface area contributed by atoms with E-state index in [-0.39, 0.29) is 0 Å². The van der Waals surface area contributed by atoms with E-state index < -0.39 is 5.97 Å². The van der Waals surface area contributed by atoms with Crippen molar-refractivity contribution in [3.8, 4) is 0 Å². The van der Waals surface area contributed by atoms with Crippen LogP contribution in [0.3, 0.4) is 0 Å². The lowest BCUT2D eigenvalue weighted by Gasteiger charge is -2.22. The fourth-order valence-electron chi connectivity index (χ4n) is 2.46. The summed E-state index contributed by atoms with van der Waals surface area (Å²) in [7, 11) is 0. The first kappa shape index (κ1) is 11.8. The molecule has 2 rings (SSSR count). The summed E-state index contributed by atoms with van der Waals surface area (Å²) in [6.07, 6.45) is 2.25. The predicted molar refractivity (Wildman–Crippen MR) is 68.4 cm³/mol. The molecular formula is C13H18N2O2. The molecule has 1 aromatic rings. The molecule has 4 nitrogen and oxygen atoms in total. The second kappa shape index (κ2) is 4.65. The van der Waals surface area contributed by atoms with E-state index in [2.05, 4.69) is 11.8 Å². The third kappa shape index (κ3) is 2.20. The van der Waals surface area contributed by atoms with E-state index in [9.17, 15) is 9.90 Å². The molecule has 1 saturated heterocycles. The number of nitrogens with zero attached hydrogens (tertiary/aromatic N) is 1. The van der Waals surface area contributed by atoms with E-state index in [4.69, 9.17) is 5.73 Å². The molecule has 1 unspecified atom stereocenters. The minimum absolute atomic E-state index is 0.307. The Hall–Kier alpha value is -1.71. The summed E-state index contributed by atoms with van der Waals surface area (Å²) >= 11 is 0. The van der Waals surface area contributed by atoms with Gasteiger partial charge in [-0.25, -0.2) is 4.79 Å². The Balaban J connectivity index is 2.34. The van der Waals surface area contributed by atoms with Crippen LogP contribution in [0.15, 0.2) is 18.2 Å². The van der Waals surface area contributed by atoms with Crippen LogP contribution in [0.2, 0.25) is 0 Å². The van der Waals surface area contributed by atoms with Crippen molar-refractivity contribution in [3.63, 3.8) is 0 Å². The van der Waals surface area contributed by atoms with Gasteiger partial charge >= 0.3 is 5.97 Å². The number of anilines is 2. The summed E-state index contributed by atoms with van der Waals surface area (Å²) in [5.74, 6) is -0.261. The molecule has 1 atom stereocenters. The van der Waals surface area contributed by atoms with Crippen molar-refractivity contribution in [2.45, 2.75) is 19.8 Å². The molecule has 0 radical (unpaired) electrons. The van der Waals surface area contributed by atoms with Crippen molar-refractivity contribution >= 4 is 17.3 Å². The molecule has 1 aliphatic heterocycles. The normalized spacial score (nSPS) is 19.6. The lowest BCUT2D eigenvalue weighted by molar-refractivity contribution is 0.0697. The van der Waals surface area contributed by atoms with Gasteiger partial charge in [-0.15, -0.1) is 0 Å². The highest BCUT2D eigenvalue weighted by Crippen LogP contribution is 2.33. The van der Waals surface area contributed by atoms with Gasteiger partial charge in [0.05, 0.1) is 16.9 Å². The molecule has 17 heavy (non-hydrogen) atoms. The molecule has 1 heterocycles. The summed E-state index contributed by atoms with van der Waals surface area (Å²) < 4.78 is 0. The van der Waals surface area contributed by atoms with Crippen molar-refractivity contribution in [1.29, 1.82) is 0 Å². The number of hydrogen-bond acceptors (Lipinski definition) is 3. The first-order valence-electron chi connectivity index (χ1n) is 6.00. The van der Waals surface area contributed by atoms with Gasteiger partial charge in [0.25, 0.3) is 0 Å². The highest BCUT2D eigenvalue weighted by Gasteiger charge is 2.26. The number of aromatic carboxylic acids is 1. The standard InChI is InChI=1S/C13H18N2O2/c1-2-9-6-7-15(8-9)12-10(13(16)17)4-3-5-11(12)14/h3-5,9H,2,6-8,14H2,1H3,(H,16,17). The number of rotatable bonds is 3. The van der Waals surface area contributed by atoms with Crippen LogP contribution in [0.25, 0.3) is 0 Å². The van der Waals surface area contributed by atoms with Crippen LogP contribution in [0, 0.1) is 5.92 Å². The highest BCUT2D eigenvalue weighted by molar-refractivity contribution is 5.98. The lowest BCUT2D eigenvalue weighted by Crippen LogP contribution is -2.23. The topological polar surface area (TPSA) is 66.6 Å². The minimum Gasteiger partial charge on any atom is -0.478 e. The van der Waals surface area contributed by atoms with Crippen LogP contribution in [0.4, 0.5) is 11.4 Å². The number of nitrogens with two attached hydrogens (primary N) is 1. The summed E-state index contributed by atoms with van der Waals surface area (Å²) in [5, 5.41) is 9.19. The van der Waals surface area contributed by atoms with Gasteiger partial charge in [-0.05, 0) is 24.5 Å². The predicted octanol–water partition coefficient (Wildman–Crippen LogP) is 2.20. The maximum atomic E-state index is 11.2. The van der Waals surface area contributed by atoms with Gasteiger partial charge in [0.1, 0.15) is 0 Å². The summed E-state index contributed by atoms with van der Waals surface area (Å²) in [6.45, 7) is 3.97. The zero-order chi connectivity index (χ0) is 12.4. The Labute approximate surface area is 101 Å². The SMILES string of the molecule is CCC1CCN(c2c(N)cccc2C(=O)O)C1. The number of carboxylic acids is 1. The smallest absolute Gasteiger partial charge is 0.337 e. The molecule has 0 aromatic heterocycles. The van der Waals surface area contributed by atoms with E-state index in [1.165, 1.54) is 0 Å². The Morgan fingerprint density at radius 3 is 2.94 bits per heavy atom. The van der Waals surface area contributed by atoms with Crippen LogP contribution in [0.5, 0.6) is 0 Å². The fraction of sp³-hybridized carbons (Fsp3) is 0.462. The molecule has 1 aromatic carbocycles. The van der Waals surface area contributed by atoms with Gasteiger partial charge in [-0.3, -0.25) is 0 Å². The van der Waals surface area contributed by atoms with Crippen LogP contribution in [-0.2, 0) is 0 Å². The third-order valence-corrected chi connectivity index (χ3v) is 3.48. The quantitative estimate of drug-likeness (QED) is 0.787. The molecule has 0 saturated carbocycles. The largest absolute Gasteiger partial charge is 0.478 e. The monoisotopic (exact) mass is 234 g/mol. The van der Waals surface area contributed by atoms with Gasteiger partial charge in [-0.1, -0.05) is 19.4 Å². The molecular weight excluding hydrogens is 216 g/mol.